The van der Waals surface area contributed by atoms with Crippen LogP contribution in [0.1, 0.15) is 16.7 Å². The number of benzene rings is 1. The number of morpholine rings is 1. The summed E-state index contributed by atoms with van der Waals surface area (Å²) in [5.74, 6) is 0.299. The van der Waals surface area contributed by atoms with Crippen LogP contribution < -0.4 is 4.90 Å². The van der Waals surface area contributed by atoms with Gasteiger partial charge in [-0.05, 0) is 19.1 Å². The average Bonchev–Trinajstić information content (AvgIpc) is 3.01. The molecule has 23 heavy (non-hydrogen) atoms. The molecular formula is C16H15FN4OS. The van der Waals surface area contributed by atoms with Crippen molar-refractivity contribution in [1.82, 2.24) is 15.0 Å². The quantitative estimate of drug-likeness (QED) is 0.723. The molecule has 1 aromatic carbocycles. The van der Waals surface area contributed by atoms with Gasteiger partial charge in [0.25, 0.3) is 0 Å². The fourth-order valence-corrected chi connectivity index (χ4v) is 3.75. The molecular weight excluding hydrogens is 315 g/mol. The van der Waals surface area contributed by atoms with E-state index < -0.39 is 0 Å². The first-order valence-electron chi connectivity index (χ1n) is 7.39. The molecule has 0 amide bonds. The van der Waals surface area contributed by atoms with Gasteiger partial charge in [0.1, 0.15) is 29.0 Å². The normalized spacial score (nSPS) is 18.5. The Hall–Kier alpha value is -2.12. The summed E-state index contributed by atoms with van der Waals surface area (Å²) < 4.78 is 20.0. The van der Waals surface area contributed by atoms with Gasteiger partial charge >= 0.3 is 0 Å². The molecule has 1 aliphatic rings. The molecule has 0 saturated carbocycles. The van der Waals surface area contributed by atoms with Crippen molar-refractivity contribution in [1.29, 1.82) is 0 Å². The van der Waals surface area contributed by atoms with E-state index in [1.807, 2.05) is 12.3 Å². The lowest BCUT2D eigenvalue weighted by atomic mass is 10.1. The molecule has 4 rings (SSSR count). The molecule has 2 aromatic heterocycles. The zero-order valence-corrected chi connectivity index (χ0v) is 13.4. The second-order valence-corrected chi connectivity index (χ2v) is 6.33. The number of thiazole rings is 1. The first-order valence-corrected chi connectivity index (χ1v) is 8.27. The maximum atomic E-state index is 14.4. The molecule has 1 fully saturated rings. The molecule has 0 radical (unpaired) electrons. The summed E-state index contributed by atoms with van der Waals surface area (Å²) in [6.45, 7) is 3.71. The molecule has 0 N–H and O–H groups in total. The molecule has 7 heteroatoms. The third-order valence-electron chi connectivity index (χ3n) is 3.91. The molecule has 1 saturated heterocycles. The SMILES string of the molecule is Cc1csc(C2COCCN2c2ncnc3cccc(F)c23)n1. The largest absolute Gasteiger partial charge is 0.377 e. The van der Waals surface area contributed by atoms with E-state index in [1.165, 1.54) is 12.4 Å². The van der Waals surface area contributed by atoms with Gasteiger partial charge in [0, 0.05) is 17.6 Å². The number of halogens is 1. The molecule has 1 aliphatic heterocycles. The third kappa shape index (κ3) is 2.55. The first kappa shape index (κ1) is 14.5. The minimum atomic E-state index is -0.307. The van der Waals surface area contributed by atoms with Crippen molar-refractivity contribution in [2.45, 2.75) is 13.0 Å². The van der Waals surface area contributed by atoms with Crippen LogP contribution >= 0.6 is 11.3 Å². The number of aryl methyl sites for hydroxylation is 1. The van der Waals surface area contributed by atoms with E-state index in [2.05, 4.69) is 19.9 Å². The molecule has 0 bridgehead atoms. The standard InChI is InChI=1S/C16H15FN4OS/c1-10-8-23-16(20-10)13-7-22-6-5-21(13)15-14-11(17)3-2-4-12(14)18-9-19-15/h2-4,8-9,13H,5-7H2,1H3. The Morgan fingerprint density at radius 2 is 2.26 bits per heavy atom. The summed E-state index contributed by atoms with van der Waals surface area (Å²) >= 11 is 1.59. The number of nitrogens with zero attached hydrogens (tertiary/aromatic N) is 4. The molecule has 0 aliphatic carbocycles. The lowest BCUT2D eigenvalue weighted by Gasteiger charge is -2.35. The summed E-state index contributed by atoms with van der Waals surface area (Å²) in [5.41, 5.74) is 1.59. The highest BCUT2D eigenvalue weighted by molar-refractivity contribution is 7.09. The van der Waals surface area contributed by atoms with Gasteiger partial charge in [0.15, 0.2) is 0 Å². The molecule has 0 spiro atoms. The maximum absolute atomic E-state index is 14.4. The number of rotatable bonds is 2. The minimum absolute atomic E-state index is 0.0554. The van der Waals surface area contributed by atoms with Crippen molar-refractivity contribution in [2.75, 3.05) is 24.7 Å². The first-order chi connectivity index (χ1) is 11.2. The number of hydrogen-bond acceptors (Lipinski definition) is 6. The van der Waals surface area contributed by atoms with Crippen molar-refractivity contribution in [3.63, 3.8) is 0 Å². The number of hydrogen-bond donors (Lipinski definition) is 0. The average molecular weight is 330 g/mol. The minimum Gasteiger partial charge on any atom is -0.377 e. The summed E-state index contributed by atoms with van der Waals surface area (Å²) in [4.78, 5) is 15.2. The summed E-state index contributed by atoms with van der Waals surface area (Å²) in [5, 5.41) is 3.43. The van der Waals surface area contributed by atoms with Gasteiger partial charge in [-0.3, -0.25) is 0 Å². The fraction of sp³-hybridized carbons (Fsp3) is 0.312. The Kier molecular flexibility index (Phi) is 3.66. The molecule has 1 atom stereocenters. The Bertz CT molecular complexity index is 848. The second kappa shape index (κ2) is 5.82. The highest BCUT2D eigenvalue weighted by atomic mass is 32.1. The van der Waals surface area contributed by atoms with Gasteiger partial charge < -0.3 is 9.64 Å². The second-order valence-electron chi connectivity index (χ2n) is 5.44. The molecule has 3 heterocycles. The number of fused-ring (bicyclic) bond motifs is 1. The van der Waals surface area contributed by atoms with Gasteiger partial charge in [0.2, 0.25) is 0 Å². The van der Waals surface area contributed by atoms with E-state index in [-0.39, 0.29) is 11.9 Å². The Morgan fingerprint density at radius 3 is 3.09 bits per heavy atom. The van der Waals surface area contributed by atoms with Crippen molar-refractivity contribution in [2.24, 2.45) is 0 Å². The highest BCUT2D eigenvalue weighted by Crippen LogP contribution is 2.34. The van der Waals surface area contributed by atoms with Crippen LogP contribution in [0.5, 0.6) is 0 Å². The molecule has 1 unspecified atom stereocenters. The maximum Gasteiger partial charge on any atom is 0.143 e. The van der Waals surface area contributed by atoms with Crippen LogP contribution in [0.25, 0.3) is 10.9 Å². The lowest BCUT2D eigenvalue weighted by molar-refractivity contribution is 0.0937. The van der Waals surface area contributed by atoms with E-state index >= 15 is 0 Å². The van der Waals surface area contributed by atoms with Crippen molar-refractivity contribution >= 4 is 28.1 Å². The molecule has 118 valence electrons. The van der Waals surface area contributed by atoms with Crippen LogP contribution in [-0.4, -0.2) is 34.7 Å². The van der Waals surface area contributed by atoms with Crippen LogP contribution in [0, 0.1) is 12.7 Å². The smallest absolute Gasteiger partial charge is 0.143 e. The molecule has 5 nitrogen and oxygen atoms in total. The van der Waals surface area contributed by atoms with E-state index in [0.29, 0.717) is 36.5 Å². The van der Waals surface area contributed by atoms with Gasteiger partial charge in [-0.15, -0.1) is 11.3 Å². The van der Waals surface area contributed by atoms with E-state index in [0.717, 1.165) is 10.7 Å². The van der Waals surface area contributed by atoms with Crippen molar-refractivity contribution < 1.29 is 9.13 Å². The van der Waals surface area contributed by atoms with Crippen molar-refractivity contribution in [3.05, 3.63) is 46.4 Å². The Labute approximate surface area is 136 Å². The third-order valence-corrected chi connectivity index (χ3v) is 4.98. The molecule has 3 aromatic rings. The van der Waals surface area contributed by atoms with Crippen LogP contribution in [-0.2, 0) is 4.74 Å². The summed E-state index contributed by atoms with van der Waals surface area (Å²) in [6, 6.07) is 4.85. The number of ether oxygens (including phenoxy) is 1. The van der Waals surface area contributed by atoms with Gasteiger partial charge in [0.05, 0.1) is 24.1 Å². The zero-order valence-electron chi connectivity index (χ0n) is 12.6. The van der Waals surface area contributed by atoms with Crippen LogP contribution in [0.3, 0.4) is 0 Å². The Balaban J connectivity index is 1.84. The lowest BCUT2D eigenvalue weighted by Crippen LogP contribution is -2.40. The predicted octanol–water partition coefficient (Wildman–Crippen LogP) is 3.11. The van der Waals surface area contributed by atoms with E-state index in [9.17, 15) is 4.39 Å². The predicted molar refractivity (Wildman–Crippen MR) is 87.3 cm³/mol. The van der Waals surface area contributed by atoms with Crippen LogP contribution in [0.2, 0.25) is 0 Å². The topological polar surface area (TPSA) is 51.1 Å². The van der Waals surface area contributed by atoms with Gasteiger partial charge in [-0.2, -0.15) is 0 Å². The van der Waals surface area contributed by atoms with Gasteiger partial charge in [-0.25, -0.2) is 19.3 Å². The van der Waals surface area contributed by atoms with Gasteiger partial charge in [-0.1, -0.05) is 6.07 Å². The summed E-state index contributed by atoms with van der Waals surface area (Å²) in [7, 11) is 0. The fourth-order valence-electron chi connectivity index (χ4n) is 2.86. The van der Waals surface area contributed by atoms with E-state index in [1.54, 1.807) is 23.5 Å². The van der Waals surface area contributed by atoms with E-state index in [4.69, 9.17) is 4.74 Å². The number of anilines is 1. The van der Waals surface area contributed by atoms with Crippen LogP contribution in [0.4, 0.5) is 10.2 Å². The number of aromatic nitrogens is 3. The summed E-state index contributed by atoms with van der Waals surface area (Å²) in [6.07, 6.45) is 1.48. The monoisotopic (exact) mass is 330 g/mol. The zero-order chi connectivity index (χ0) is 15.8. The van der Waals surface area contributed by atoms with Crippen LogP contribution in [0.15, 0.2) is 29.9 Å². The highest BCUT2D eigenvalue weighted by Gasteiger charge is 2.30. The van der Waals surface area contributed by atoms with Crippen molar-refractivity contribution in [3.8, 4) is 0 Å². The Morgan fingerprint density at radius 1 is 1.35 bits per heavy atom.